The number of carbonyl (C=O) groups excluding carboxylic acids is 1. The lowest BCUT2D eigenvalue weighted by atomic mass is 9.98. The number of pyridine rings is 1. The average molecular weight is 288 g/mol. The summed E-state index contributed by atoms with van der Waals surface area (Å²) in [6.07, 6.45) is 3.12. The molecule has 0 spiro atoms. The summed E-state index contributed by atoms with van der Waals surface area (Å²) in [7, 11) is 1.86. The Morgan fingerprint density at radius 1 is 1.48 bits per heavy atom. The number of aromatic nitrogens is 3. The Bertz CT molecular complexity index is 664. The van der Waals surface area contributed by atoms with Crippen LogP contribution in [-0.4, -0.2) is 25.8 Å². The second-order valence-electron chi connectivity index (χ2n) is 5.11. The molecule has 2 heterocycles. The maximum Gasteiger partial charge on any atom is 0.231 e. The van der Waals surface area contributed by atoms with Gasteiger partial charge in [-0.15, -0.1) is 0 Å². The first-order chi connectivity index (χ1) is 9.95. The van der Waals surface area contributed by atoms with E-state index in [1.807, 2.05) is 27.8 Å². The minimum absolute atomic E-state index is 0.141. The molecule has 21 heavy (non-hydrogen) atoms. The zero-order valence-corrected chi connectivity index (χ0v) is 12.7. The Kier molecular flexibility index (Phi) is 4.37. The first-order valence-corrected chi connectivity index (χ1v) is 6.80. The van der Waals surface area contributed by atoms with E-state index in [0.29, 0.717) is 11.3 Å². The van der Waals surface area contributed by atoms with Crippen LogP contribution in [0.1, 0.15) is 35.4 Å². The van der Waals surface area contributed by atoms with Gasteiger partial charge in [0.25, 0.3) is 0 Å². The van der Waals surface area contributed by atoms with Crippen LogP contribution in [0.3, 0.4) is 0 Å². The third kappa shape index (κ3) is 2.95. The fourth-order valence-corrected chi connectivity index (χ4v) is 2.46. The summed E-state index contributed by atoms with van der Waals surface area (Å²) in [5, 5.41) is 16.5. The number of aliphatic hydroxyl groups excluding tert-OH is 1. The fraction of sp³-hybridized carbons (Fsp3) is 0.400. The van der Waals surface area contributed by atoms with Gasteiger partial charge in [-0.2, -0.15) is 5.10 Å². The van der Waals surface area contributed by atoms with Gasteiger partial charge in [0.05, 0.1) is 30.1 Å². The number of hydrogen-bond acceptors (Lipinski definition) is 4. The Hall–Kier alpha value is -2.21. The Labute approximate surface area is 123 Å². The largest absolute Gasteiger partial charge is 0.392 e. The molecule has 0 saturated heterocycles. The zero-order valence-electron chi connectivity index (χ0n) is 12.7. The van der Waals surface area contributed by atoms with E-state index >= 15 is 0 Å². The monoisotopic (exact) mass is 288 g/mol. The Balaban J connectivity index is 2.24. The minimum Gasteiger partial charge on any atom is -0.392 e. The minimum atomic E-state index is -0.328. The molecule has 0 aliphatic heterocycles. The summed E-state index contributed by atoms with van der Waals surface area (Å²) in [4.78, 5) is 16.4. The molecule has 0 saturated carbocycles. The highest BCUT2D eigenvalue weighted by Crippen LogP contribution is 2.24. The van der Waals surface area contributed by atoms with Gasteiger partial charge < -0.3 is 10.4 Å². The van der Waals surface area contributed by atoms with E-state index in [4.69, 9.17) is 0 Å². The molecule has 2 N–H and O–H groups in total. The molecule has 1 unspecified atom stereocenters. The Morgan fingerprint density at radius 3 is 2.76 bits per heavy atom. The first-order valence-electron chi connectivity index (χ1n) is 6.80. The van der Waals surface area contributed by atoms with Crippen LogP contribution in [0.25, 0.3) is 0 Å². The van der Waals surface area contributed by atoms with Gasteiger partial charge in [-0.25, -0.2) is 0 Å². The third-order valence-electron chi connectivity index (χ3n) is 3.73. The number of anilines is 1. The second-order valence-corrected chi connectivity index (χ2v) is 5.11. The van der Waals surface area contributed by atoms with Crippen molar-refractivity contribution < 1.29 is 9.90 Å². The fourth-order valence-electron chi connectivity index (χ4n) is 2.46. The third-order valence-corrected chi connectivity index (χ3v) is 3.73. The summed E-state index contributed by atoms with van der Waals surface area (Å²) >= 11 is 0. The molecule has 2 aromatic heterocycles. The van der Waals surface area contributed by atoms with Crippen molar-refractivity contribution in [1.29, 1.82) is 0 Å². The number of carbonyl (C=O) groups is 1. The highest BCUT2D eigenvalue weighted by atomic mass is 16.3. The maximum atomic E-state index is 12.4. The predicted octanol–water partition coefficient (Wildman–Crippen LogP) is 1.67. The molecule has 0 fully saturated rings. The zero-order chi connectivity index (χ0) is 15.6. The molecule has 0 aliphatic carbocycles. The van der Waals surface area contributed by atoms with E-state index in [9.17, 15) is 9.90 Å². The molecule has 1 amide bonds. The van der Waals surface area contributed by atoms with Crippen molar-refractivity contribution >= 4 is 11.6 Å². The first kappa shape index (κ1) is 15.2. The van der Waals surface area contributed by atoms with Gasteiger partial charge in [-0.05, 0) is 26.8 Å². The normalized spacial score (nSPS) is 12.2. The smallest absolute Gasteiger partial charge is 0.231 e. The van der Waals surface area contributed by atoms with Crippen molar-refractivity contribution in [2.45, 2.75) is 33.3 Å². The number of aliphatic hydroxyl groups is 1. The quantitative estimate of drug-likeness (QED) is 0.896. The molecule has 2 aromatic rings. The van der Waals surface area contributed by atoms with Crippen molar-refractivity contribution in [3.8, 4) is 0 Å². The van der Waals surface area contributed by atoms with Crippen molar-refractivity contribution in [2.75, 3.05) is 5.32 Å². The summed E-state index contributed by atoms with van der Waals surface area (Å²) < 4.78 is 1.78. The lowest BCUT2D eigenvalue weighted by Crippen LogP contribution is -2.20. The van der Waals surface area contributed by atoms with Gasteiger partial charge in [0, 0.05) is 30.1 Å². The van der Waals surface area contributed by atoms with E-state index in [1.54, 1.807) is 23.1 Å². The number of hydrogen-bond donors (Lipinski definition) is 2. The van der Waals surface area contributed by atoms with Crippen LogP contribution in [0.2, 0.25) is 0 Å². The molecule has 112 valence electrons. The van der Waals surface area contributed by atoms with Gasteiger partial charge >= 0.3 is 0 Å². The van der Waals surface area contributed by atoms with E-state index in [2.05, 4.69) is 15.4 Å². The highest BCUT2D eigenvalue weighted by molar-refractivity contribution is 5.96. The molecule has 0 bridgehead atoms. The molecule has 2 rings (SSSR count). The summed E-state index contributed by atoms with van der Waals surface area (Å²) in [5.74, 6) is -0.470. The predicted molar refractivity (Wildman–Crippen MR) is 79.9 cm³/mol. The van der Waals surface area contributed by atoms with Crippen molar-refractivity contribution in [1.82, 2.24) is 14.8 Å². The number of rotatable bonds is 4. The molecule has 0 aliphatic rings. The maximum absolute atomic E-state index is 12.4. The van der Waals surface area contributed by atoms with E-state index in [-0.39, 0.29) is 18.4 Å². The molecule has 0 radical (unpaired) electrons. The molecule has 0 aromatic carbocycles. The lowest BCUT2D eigenvalue weighted by molar-refractivity contribution is -0.117. The van der Waals surface area contributed by atoms with Crippen LogP contribution in [0.4, 0.5) is 5.69 Å². The van der Waals surface area contributed by atoms with E-state index in [0.717, 1.165) is 17.0 Å². The van der Waals surface area contributed by atoms with Crippen molar-refractivity contribution in [2.24, 2.45) is 7.05 Å². The van der Waals surface area contributed by atoms with Crippen LogP contribution in [0.5, 0.6) is 0 Å². The molecular formula is C15H20N4O2. The Morgan fingerprint density at radius 2 is 2.19 bits per heavy atom. The van der Waals surface area contributed by atoms with Gasteiger partial charge in [-0.3, -0.25) is 14.5 Å². The second kappa shape index (κ2) is 6.05. The van der Waals surface area contributed by atoms with Gasteiger partial charge in [0.2, 0.25) is 5.91 Å². The molecular weight excluding hydrogens is 268 g/mol. The highest BCUT2D eigenvalue weighted by Gasteiger charge is 2.23. The number of nitrogens with one attached hydrogen (secondary N) is 1. The number of nitrogens with zero attached hydrogens (tertiary/aromatic N) is 3. The number of aryl methyl sites for hydroxylation is 2. The number of amides is 1. The van der Waals surface area contributed by atoms with Crippen LogP contribution in [-0.2, 0) is 18.4 Å². The van der Waals surface area contributed by atoms with Crippen molar-refractivity contribution in [3.63, 3.8) is 0 Å². The average Bonchev–Trinajstić information content (AvgIpc) is 2.72. The molecule has 6 nitrogen and oxygen atoms in total. The lowest BCUT2D eigenvalue weighted by Gasteiger charge is -2.14. The SMILES string of the molecule is Cc1nn(C)c(C)c1C(C)C(=O)Nc1cnccc1CO. The van der Waals surface area contributed by atoms with Crippen LogP contribution in [0.15, 0.2) is 18.5 Å². The topological polar surface area (TPSA) is 80.0 Å². The van der Waals surface area contributed by atoms with Crippen LogP contribution >= 0.6 is 0 Å². The van der Waals surface area contributed by atoms with Gasteiger partial charge in [-0.1, -0.05) is 0 Å². The summed E-state index contributed by atoms with van der Waals surface area (Å²) in [5.41, 5.74) is 3.95. The molecule has 1 atom stereocenters. The standard InChI is InChI=1S/C15H20N4O2/c1-9(14-10(2)18-19(4)11(14)3)15(21)17-13-7-16-6-5-12(13)8-20/h5-7,9,20H,8H2,1-4H3,(H,17,21). The van der Waals surface area contributed by atoms with Gasteiger partial charge in [0.1, 0.15) is 0 Å². The van der Waals surface area contributed by atoms with Gasteiger partial charge in [0.15, 0.2) is 0 Å². The summed E-state index contributed by atoms with van der Waals surface area (Å²) in [6, 6.07) is 1.68. The van der Waals surface area contributed by atoms with E-state index < -0.39 is 0 Å². The molecule has 6 heteroatoms. The van der Waals surface area contributed by atoms with E-state index in [1.165, 1.54) is 0 Å². The summed E-state index contributed by atoms with van der Waals surface area (Å²) in [6.45, 7) is 5.55. The van der Waals surface area contributed by atoms with Crippen LogP contribution in [0, 0.1) is 13.8 Å². The van der Waals surface area contributed by atoms with Crippen LogP contribution < -0.4 is 5.32 Å². The van der Waals surface area contributed by atoms with Crippen molar-refractivity contribution in [3.05, 3.63) is 41.0 Å².